The predicted octanol–water partition coefficient (Wildman–Crippen LogP) is 2.22. The topological polar surface area (TPSA) is 90.8 Å². The molecule has 8 heteroatoms. The van der Waals surface area contributed by atoms with E-state index in [1.165, 1.54) is 0 Å². The Labute approximate surface area is 157 Å². The molecule has 2 rings (SSSR count). The molecular weight excluding hydrogens is 358 g/mol. The molecule has 1 fully saturated rings. The fraction of sp³-hybridized carbons (Fsp3) is 0.526. The maximum atomic E-state index is 13.4. The van der Waals surface area contributed by atoms with E-state index in [2.05, 4.69) is 17.2 Å². The second-order valence-electron chi connectivity index (χ2n) is 6.77. The first-order chi connectivity index (χ1) is 12.9. The van der Waals surface area contributed by atoms with Crippen LogP contribution in [0, 0.1) is 11.6 Å². The van der Waals surface area contributed by atoms with Gasteiger partial charge in [0.1, 0.15) is 11.6 Å². The van der Waals surface area contributed by atoms with E-state index in [-0.39, 0.29) is 30.7 Å². The summed E-state index contributed by atoms with van der Waals surface area (Å²) in [6.07, 6.45) is 2.03. The molecule has 0 aromatic heterocycles. The fourth-order valence-corrected chi connectivity index (χ4v) is 3.34. The molecule has 0 aliphatic heterocycles. The molecule has 1 aliphatic rings. The van der Waals surface area contributed by atoms with Crippen LogP contribution in [0.4, 0.5) is 13.6 Å². The molecule has 1 aliphatic carbocycles. The number of aliphatic hydroxyl groups excluding tert-OH is 1. The van der Waals surface area contributed by atoms with Gasteiger partial charge in [-0.3, -0.25) is 0 Å². The SMILES string of the molecule is C=CCO[C@H]1CC[C@@H](NC[C@H](O)[C@H](Cc2cc(F)cc(F)c2)NC(=O)O)C1. The Hall–Kier alpha value is -2.03. The Morgan fingerprint density at radius 2 is 2.04 bits per heavy atom. The molecule has 150 valence electrons. The molecule has 0 saturated heterocycles. The van der Waals surface area contributed by atoms with Crippen molar-refractivity contribution in [1.29, 1.82) is 0 Å². The second kappa shape index (κ2) is 10.3. The minimum Gasteiger partial charge on any atom is -0.465 e. The standard InChI is InChI=1S/C19H26F2N2O4/c1-2-5-27-16-4-3-15(10-16)22-11-18(24)17(23-19(25)26)8-12-6-13(20)9-14(21)7-12/h2,6-7,9,15-18,22-24H,1,3-5,8,10-11H2,(H,25,26)/t15-,16+,17+,18+/m1/s1. The lowest BCUT2D eigenvalue weighted by atomic mass is 10.0. The lowest BCUT2D eigenvalue weighted by molar-refractivity contribution is 0.0767. The lowest BCUT2D eigenvalue weighted by Crippen LogP contribution is -2.49. The van der Waals surface area contributed by atoms with Crippen LogP contribution in [-0.4, -0.2) is 53.7 Å². The van der Waals surface area contributed by atoms with Gasteiger partial charge in [-0.15, -0.1) is 6.58 Å². The average Bonchev–Trinajstić information content (AvgIpc) is 3.04. The number of aliphatic hydroxyl groups is 1. The maximum Gasteiger partial charge on any atom is 0.404 e. The van der Waals surface area contributed by atoms with E-state index in [9.17, 15) is 18.7 Å². The molecule has 6 nitrogen and oxygen atoms in total. The van der Waals surface area contributed by atoms with Gasteiger partial charge in [0, 0.05) is 18.7 Å². The summed E-state index contributed by atoms with van der Waals surface area (Å²) in [7, 11) is 0. The van der Waals surface area contributed by atoms with Crippen LogP contribution in [0.25, 0.3) is 0 Å². The monoisotopic (exact) mass is 384 g/mol. The number of hydrogen-bond donors (Lipinski definition) is 4. The third-order valence-corrected chi connectivity index (χ3v) is 4.60. The smallest absolute Gasteiger partial charge is 0.404 e. The van der Waals surface area contributed by atoms with Gasteiger partial charge in [-0.1, -0.05) is 6.08 Å². The summed E-state index contributed by atoms with van der Waals surface area (Å²) in [6, 6.07) is 2.25. The maximum absolute atomic E-state index is 13.4. The van der Waals surface area contributed by atoms with Crippen LogP contribution in [0.5, 0.6) is 0 Å². The minimum absolute atomic E-state index is 0.0282. The van der Waals surface area contributed by atoms with Crippen molar-refractivity contribution in [1.82, 2.24) is 10.6 Å². The Balaban J connectivity index is 1.89. The average molecular weight is 384 g/mol. The number of ether oxygens (including phenoxy) is 1. The van der Waals surface area contributed by atoms with Crippen LogP contribution >= 0.6 is 0 Å². The number of carboxylic acid groups (broad SMARTS) is 1. The zero-order valence-electron chi connectivity index (χ0n) is 15.0. The Bertz CT molecular complexity index is 624. The molecule has 0 radical (unpaired) electrons. The molecule has 0 heterocycles. The van der Waals surface area contributed by atoms with Crippen molar-refractivity contribution in [3.05, 3.63) is 48.1 Å². The van der Waals surface area contributed by atoms with E-state index in [1.807, 2.05) is 0 Å². The summed E-state index contributed by atoms with van der Waals surface area (Å²) in [5, 5.41) is 24.8. The van der Waals surface area contributed by atoms with Crippen molar-refractivity contribution in [2.45, 2.75) is 50.0 Å². The van der Waals surface area contributed by atoms with Crippen molar-refractivity contribution in [3.63, 3.8) is 0 Å². The molecule has 1 aromatic carbocycles. The summed E-state index contributed by atoms with van der Waals surface area (Å²) in [4.78, 5) is 11.0. The third-order valence-electron chi connectivity index (χ3n) is 4.60. The lowest BCUT2D eigenvalue weighted by Gasteiger charge is -2.25. The third kappa shape index (κ3) is 7.24. The van der Waals surface area contributed by atoms with E-state index >= 15 is 0 Å². The second-order valence-corrected chi connectivity index (χ2v) is 6.77. The van der Waals surface area contributed by atoms with E-state index < -0.39 is 29.9 Å². The fourth-order valence-electron chi connectivity index (χ4n) is 3.34. The molecule has 0 bridgehead atoms. The highest BCUT2D eigenvalue weighted by Crippen LogP contribution is 2.22. The highest BCUT2D eigenvalue weighted by Gasteiger charge is 2.27. The number of carbonyl (C=O) groups is 1. The first-order valence-electron chi connectivity index (χ1n) is 8.95. The first kappa shape index (κ1) is 21.3. The van der Waals surface area contributed by atoms with Gasteiger partial charge in [0.2, 0.25) is 0 Å². The van der Waals surface area contributed by atoms with Gasteiger partial charge in [0.15, 0.2) is 0 Å². The van der Waals surface area contributed by atoms with E-state index in [0.29, 0.717) is 6.61 Å². The highest BCUT2D eigenvalue weighted by molar-refractivity contribution is 5.65. The molecule has 4 N–H and O–H groups in total. The van der Waals surface area contributed by atoms with E-state index in [0.717, 1.165) is 37.5 Å². The summed E-state index contributed by atoms with van der Waals surface area (Å²) in [5.41, 5.74) is 0.268. The van der Waals surface area contributed by atoms with Crippen molar-refractivity contribution < 1.29 is 28.5 Å². The zero-order valence-corrected chi connectivity index (χ0v) is 15.0. The number of hydrogen-bond acceptors (Lipinski definition) is 4. The van der Waals surface area contributed by atoms with Gasteiger partial charge >= 0.3 is 6.09 Å². The van der Waals surface area contributed by atoms with Gasteiger partial charge in [-0.05, 0) is 43.4 Å². The predicted molar refractivity (Wildman–Crippen MR) is 96.6 cm³/mol. The molecule has 1 amide bonds. The van der Waals surface area contributed by atoms with Crippen LogP contribution in [0.3, 0.4) is 0 Å². The number of benzene rings is 1. The van der Waals surface area contributed by atoms with Crippen LogP contribution in [0.1, 0.15) is 24.8 Å². The summed E-state index contributed by atoms with van der Waals surface area (Å²) < 4.78 is 32.3. The Morgan fingerprint density at radius 1 is 1.33 bits per heavy atom. The van der Waals surface area contributed by atoms with Crippen LogP contribution in [-0.2, 0) is 11.2 Å². The number of rotatable bonds is 10. The summed E-state index contributed by atoms with van der Waals surface area (Å²) in [5.74, 6) is -1.49. The zero-order chi connectivity index (χ0) is 19.8. The Kier molecular flexibility index (Phi) is 8.15. The van der Waals surface area contributed by atoms with Crippen molar-refractivity contribution in [2.24, 2.45) is 0 Å². The Morgan fingerprint density at radius 3 is 2.67 bits per heavy atom. The van der Waals surface area contributed by atoms with Gasteiger partial charge in [0.25, 0.3) is 0 Å². The van der Waals surface area contributed by atoms with Crippen molar-refractivity contribution in [2.75, 3.05) is 13.2 Å². The molecular formula is C19H26F2N2O4. The molecule has 1 aromatic rings. The molecule has 1 saturated carbocycles. The molecule has 4 atom stereocenters. The number of halogens is 2. The largest absolute Gasteiger partial charge is 0.465 e. The normalized spacial score (nSPS) is 21.6. The summed E-state index contributed by atoms with van der Waals surface area (Å²) in [6.45, 7) is 4.26. The first-order valence-corrected chi connectivity index (χ1v) is 8.95. The summed E-state index contributed by atoms with van der Waals surface area (Å²) >= 11 is 0. The number of nitrogens with one attached hydrogen (secondary N) is 2. The van der Waals surface area contributed by atoms with Crippen molar-refractivity contribution in [3.8, 4) is 0 Å². The molecule has 0 unspecified atom stereocenters. The highest BCUT2D eigenvalue weighted by atomic mass is 19.1. The van der Waals surface area contributed by atoms with Crippen LogP contribution < -0.4 is 10.6 Å². The molecule has 0 spiro atoms. The van der Waals surface area contributed by atoms with Crippen LogP contribution in [0.15, 0.2) is 30.9 Å². The van der Waals surface area contributed by atoms with E-state index in [1.54, 1.807) is 6.08 Å². The quantitative estimate of drug-likeness (QED) is 0.465. The van der Waals surface area contributed by atoms with Gasteiger partial charge in [0.05, 0.1) is 24.9 Å². The van der Waals surface area contributed by atoms with E-state index in [4.69, 9.17) is 9.84 Å². The van der Waals surface area contributed by atoms with Gasteiger partial charge in [-0.25, -0.2) is 13.6 Å². The van der Waals surface area contributed by atoms with Crippen molar-refractivity contribution >= 4 is 6.09 Å². The van der Waals surface area contributed by atoms with Crippen LogP contribution in [0.2, 0.25) is 0 Å². The van der Waals surface area contributed by atoms with Gasteiger partial charge < -0.3 is 25.6 Å². The van der Waals surface area contributed by atoms with Gasteiger partial charge in [-0.2, -0.15) is 0 Å². The molecule has 27 heavy (non-hydrogen) atoms. The minimum atomic E-state index is -1.31. The number of amides is 1.